The molecule has 1 atom stereocenters. The first-order valence-corrected chi connectivity index (χ1v) is 7.78. The van der Waals surface area contributed by atoms with Crippen LogP contribution in [0.2, 0.25) is 0 Å². The Kier molecular flexibility index (Phi) is 3.87. The molecule has 0 radical (unpaired) electrons. The molecule has 0 amide bonds. The van der Waals surface area contributed by atoms with Crippen molar-refractivity contribution in [1.29, 1.82) is 0 Å². The maximum atomic E-state index is 5.49. The number of benzene rings is 1. The van der Waals surface area contributed by atoms with Crippen LogP contribution in [0.4, 0.5) is 0 Å². The maximum Gasteiger partial charge on any atom is 0.0949 e. The predicted octanol–water partition coefficient (Wildman–Crippen LogP) is 3.29. The third-order valence-electron chi connectivity index (χ3n) is 3.95. The average Bonchev–Trinajstić information content (AvgIpc) is 3.02. The molecule has 20 heavy (non-hydrogen) atoms. The number of nitrogens with one attached hydrogen (secondary N) is 1. The van der Waals surface area contributed by atoms with Gasteiger partial charge in [-0.25, -0.2) is 4.98 Å². The molecule has 0 fully saturated rings. The van der Waals surface area contributed by atoms with E-state index in [-0.39, 0.29) is 0 Å². The minimum absolute atomic E-state index is 0.311. The molecule has 0 bridgehead atoms. The van der Waals surface area contributed by atoms with E-state index in [9.17, 15) is 0 Å². The van der Waals surface area contributed by atoms with Crippen LogP contribution in [0.3, 0.4) is 0 Å². The fourth-order valence-electron chi connectivity index (χ4n) is 2.60. The van der Waals surface area contributed by atoms with Crippen molar-refractivity contribution in [2.24, 2.45) is 0 Å². The summed E-state index contributed by atoms with van der Waals surface area (Å²) >= 11 is 1.80. The number of aromatic nitrogens is 1. The molecular weight excluding hydrogens is 268 g/mol. The molecule has 0 saturated heterocycles. The molecular formula is C16H20N2OS. The van der Waals surface area contributed by atoms with Crippen LogP contribution in [0.1, 0.15) is 38.3 Å². The minimum atomic E-state index is 0.311. The van der Waals surface area contributed by atoms with Gasteiger partial charge in [0.05, 0.1) is 23.9 Å². The van der Waals surface area contributed by atoms with Crippen molar-refractivity contribution in [1.82, 2.24) is 10.3 Å². The minimum Gasteiger partial charge on any atom is -0.372 e. The monoisotopic (exact) mass is 288 g/mol. The van der Waals surface area contributed by atoms with E-state index in [0.717, 1.165) is 25.3 Å². The van der Waals surface area contributed by atoms with E-state index in [1.165, 1.54) is 26.6 Å². The SMILES string of the molecule is CNC(Cc1nc(C)c(C)s1)c1ccc2c(c1)COC2. The van der Waals surface area contributed by atoms with Gasteiger partial charge >= 0.3 is 0 Å². The fraction of sp³-hybridized carbons (Fsp3) is 0.438. The van der Waals surface area contributed by atoms with Crippen molar-refractivity contribution >= 4 is 11.3 Å². The van der Waals surface area contributed by atoms with E-state index in [1.807, 2.05) is 7.05 Å². The summed E-state index contributed by atoms with van der Waals surface area (Å²) in [6.07, 6.45) is 0.940. The summed E-state index contributed by atoms with van der Waals surface area (Å²) in [6, 6.07) is 6.99. The Morgan fingerprint density at radius 3 is 2.80 bits per heavy atom. The highest BCUT2D eigenvalue weighted by molar-refractivity contribution is 7.11. The standard InChI is InChI=1S/C16H20N2OS/c1-10-11(2)20-16(18-10)7-15(17-3)12-4-5-13-8-19-9-14(13)6-12/h4-6,15,17H,7-9H2,1-3H3. The molecule has 4 heteroatoms. The summed E-state index contributed by atoms with van der Waals surface area (Å²) in [5.41, 5.74) is 5.13. The zero-order valence-corrected chi connectivity index (χ0v) is 13.0. The van der Waals surface area contributed by atoms with Crippen LogP contribution < -0.4 is 5.32 Å². The average molecular weight is 288 g/mol. The summed E-state index contributed by atoms with van der Waals surface area (Å²) in [5.74, 6) is 0. The summed E-state index contributed by atoms with van der Waals surface area (Å²) in [6.45, 7) is 5.72. The van der Waals surface area contributed by atoms with Crippen molar-refractivity contribution in [3.8, 4) is 0 Å². The Hall–Kier alpha value is -1.23. The molecule has 3 rings (SSSR count). The number of hydrogen-bond acceptors (Lipinski definition) is 4. The maximum absolute atomic E-state index is 5.49. The van der Waals surface area contributed by atoms with Crippen molar-refractivity contribution < 1.29 is 4.74 Å². The molecule has 1 aromatic heterocycles. The quantitative estimate of drug-likeness (QED) is 0.937. The van der Waals surface area contributed by atoms with Gasteiger partial charge in [0.1, 0.15) is 0 Å². The van der Waals surface area contributed by atoms with E-state index >= 15 is 0 Å². The summed E-state index contributed by atoms with van der Waals surface area (Å²) in [5, 5.41) is 4.62. The van der Waals surface area contributed by atoms with Crippen LogP contribution in [-0.4, -0.2) is 12.0 Å². The van der Waals surface area contributed by atoms with Gasteiger partial charge in [-0.05, 0) is 37.6 Å². The highest BCUT2D eigenvalue weighted by Crippen LogP contribution is 2.27. The Labute approximate surface area is 124 Å². The smallest absolute Gasteiger partial charge is 0.0949 e. The molecule has 2 aromatic rings. The molecule has 0 aliphatic carbocycles. The number of thiazole rings is 1. The lowest BCUT2D eigenvalue weighted by atomic mass is 9.99. The molecule has 1 aliphatic rings. The fourth-order valence-corrected chi connectivity index (χ4v) is 3.58. The summed E-state index contributed by atoms with van der Waals surface area (Å²) in [7, 11) is 2.02. The Morgan fingerprint density at radius 2 is 2.10 bits per heavy atom. The summed E-state index contributed by atoms with van der Waals surface area (Å²) < 4.78 is 5.49. The lowest BCUT2D eigenvalue weighted by Gasteiger charge is -2.16. The number of nitrogens with zero attached hydrogens (tertiary/aromatic N) is 1. The molecule has 106 valence electrons. The Morgan fingerprint density at radius 1 is 1.30 bits per heavy atom. The molecule has 0 spiro atoms. The predicted molar refractivity (Wildman–Crippen MR) is 82.0 cm³/mol. The normalized spacial score (nSPS) is 15.3. The van der Waals surface area contributed by atoms with Crippen LogP contribution in [0.25, 0.3) is 0 Å². The van der Waals surface area contributed by atoms with Gasteiger partial charge in [-0.15, -0.1) is 11.3 Å². The first-order chi connectivity index (χ1) is 9.67. The van der Waals surface area contributed by atoms with Gasteiger partial charge in [-0.1, -0.05) is 18.2 Å². The Balaban J connectivity index is 1.82. The van der Waals surface area contributed by atoms with E-state index < -0.39 is 0 Å². The highest BCUT2D eigenvalue weighted by Gasteiger charge is 2.17. The third-order valence-corrected chi connectivity index (χ3v) is 5.04. The highest BCUT2D eigenvalue weighted by atomic mass is 32.1. The van der Waals surface area contributed by atoms with Gasteiger partial charge in [0.2, 0.25) is 0 Å². The van der Waals surface area contributed by atoms with Crippen LogP contribution >= 0.6 is 11.3 Å². The number of fused-ring (bicyclic) bond motifs is 1. The van der Waals surface area contributed by atoms with E-state index in [2.05, 4.69) is 42.3 Å². The van der Waals surface area contributed by atoms with Crippen LogP contribution in [-0.2, 0) is 24.4 Å². The van der Waals surface area contributed by atoms with E-state index in [0.29, 0.717) is 6.04 Å². The van der Waals surface area contributed by atoms with Gasteiger partial charge in [-0.2, -0.15) is 0 Å². The molecule has 3 nitrogen and oxygen atoms in total. The molecule has 1 N–H and O–H groups in total. The lowest BCUT2D eigenvalue weighted by molar-refractivity contribution is 0.134. The molecule has 2 heterocycles. The van der Waals surface area contributed by atoms with Crippen LogP contribution in [0, 0.1) is 13.8 Å². The third kappa shape index (κ3) is 2.64. The first kappa shape index (κ1) is 13.7. The second kappa shape index (κ2) is 5.64. The van der Waals surface area contributed by atoms with Crippen LogP contribution in [0.5, 0.6) is 0 Å². The van der Waals surface area contributed by atoms with Gasteiger partial charge in [0, 0.05) is 17.3 Å². The number of likely N-dealkylation sites (N-methyl/N-ethyl adjacent to an activating group) is 1. The largest absolute Gasteiger partial charge is 0.372 e. The van der Waals surface area contributed by atoms with Gasteiger partial charge in [-0.3, -0.25) is 0 Å². The van der Waals surface area contributed by atoms with Gasteiger partial charge < -0.3 is 10.1 Å². The second-order valence-electron chi connectivity index (χ2n) is 5.32. The van der Waals surface area contributed by atoms with Gasteiger partial charge in [0.25, 0.3) is 0 Å². The zero-order chi connectivity index (χ0) is 14.1. The first-order valence-electron chi connectivity index (χ1n) is 6.97. The van der Waals surface area contributed by atoms with Crippen LogP contribution in [0.15, 0.2) is 18.2 Å². The van der Waals surface area contributed by atoms with Crippen molar-refractivity contribution in [2.75, 3.05) is 7.05 Å². The van der Waals surface area contributed by atoms with Crippen molar-refractivity contribution in [3.63, 3.8) is 0 Å². The molecule has 1 aromatic carbocycles. The number of ether oxygens (including phenoxy) is 1. The summed E-state index contributed by atoms with van der Waals surface area (Å²) in [4.78, 5) is 5.97. The topological polar surface area (TPSA) is 34.2 Å². The molecule has 1 aliphatic heterocycles. The number of hydrogen-bond donors (Lipinski definition) is 1. The Bertz CT molecular complexity index is 601. The molecule has 0 saturated carbocycles. The lowest BCUT2D eigenvalue weighted by Crippen LogP contribution is -2.19. The number of aryl methyl sites for hydroxylation is 2. The molecule has 1 unspecified atom stereocenters. The van der Waals surface area contributed by atoms with Gasteiger partial charge in [0.15, 0.2) is 0 Å². The van der Waals surface area contributed by atoms with E-state index in [4.69, 9.17) is 4.74 Å². The van der Waals surface area contributed by atoms with Crippen molar-refractivity contribution in [3.05, 3.63) is 50.5 Å². The van der Waals surface area contributed by atoms with E-state index in [1.54, 1.807) is 11.3 Å². The number of rotatable bonds is 4. The van der Waals surface area contributed by atoms with Crippen molar-refractivity contribution in [2.45, 2.75) is 39.5 Å². The second-order valence-corrected chi connectivity index (χ2v) is 6.60. The zero-order valence-electron chi connectivity index (χ0n) is 12.2.